The molecule has 1 saturated heterocycles. The van der Waals surface area contributed by atoms with Gasteiger partial charge in [0.25, 0.3) is 0 Å². The molecule has 0 aromatic heterocycles. The van der Waals surface area contributed by atoms with Crippen LogP contribution in [0.4, 0.5) is 0 Å². The van der Waals surface area contributed by atoms with Gasteiger partial charge < -0.3 is 15.4 Å². The second-order valence-corrected chi connectivity index (χ2v) is 6.66. The highest BCUT2D eigenvalue weighted by molar-refractivity contribution is 5.76. The lowest BCUT2D eigenvalue weighted by atomic mass is 9.90. The number of carbonyl (C=O) groups excluding carboxylic acids is 1. The van der Waals surface area contributed by atoms with E-state index in [0.717, 1.165) is 5.92 Å². The van der Waals surface area contributed by atoms with Crippen molar-refractivity contribution in [2.75, 3.05) is 20.2 Å². The molecule has 0 spiro atoms. The Morgan fingerprint density at radius 1 is 1.32 bits per heavy atom. The summed E-state index contributed by atoms with van der Waals surface area (Å²) in [4.78, 5) is 11.7. The van der Waals surface area contributed by atoms with Crippen molar-refractivity contribution in [3.63, 3.8) is 0 Å². The molecule has 0 aromatic rings. The van der Waals surface area contributed by atoms with Crippen LogP contribution in [0, 0.1) is 11.3 Å². The van der Waals surface area contributed by atoms with Crippen LogP contribution in [0.3, 0.4) is 0 Å². The summed E-state index contributed by atoms with van der Waals surface area (Å²) in [5.74, 6) is 0.601. The molecule has 2 aliphatic rings. The topological polar surface area (TPSA) is 50.4 Å². The predicted octanol–water partition coefficient (Wildman–Crippen LogP) is 1.70. The summed E-state index contributed by atoms with van der Waals surface area (Å²) in [7, 11) is 1.46. The first kappa shape index (κ1) is 14.8. The van der Waals surface area contributed by atoms with E-state index in [0.29, 0.717) is 18.6 Å². The van der Waals surface area contributed by atoms with E-state index in [-0.39, 0.29) is 5.97 Å². The van der Waals surface area contributed by atoms with Gasteiger partial charge in [-0.3, -0.25) is 4.79 Å². The van der Waals surface area contributed by atoms with Crippen LogP contribution in [0.1, 0.15) is 46.0 Å². The van der Waals surface area contributed by atoms with Crippen LogP contribution in [-0.4, -0.2) is 38.3 Å². The zero-order chi connectivity index (χ0) is 13.9. The first-order valence-electron chi connectivity index (χ1n) is 7.60. The molecule has 2 rings (SSSR count). The van der Waals surface area contributed by atoms with Crippen molar-refractivity contribution in [3.05, 3.63) is 0 Å². The number of ether oxygens (including phenoxy) is 1. The third-order valence-electron chi connectivity index (χ3n) is 4.73. The van der Waals surface area contributed by atoms with Crippen molar-refractivity contribution >= 4 is 5.97 Å². The third-order valence-corrected chi connectivity index (χ3v) is 4.73. The zero-order valence-electron chi connectivity index (χ0n) is 12.5. The van der Waals surface area contributed by atoms with Crippen molar-refractivity contribution in [1.82, 2.24) is 10.6 Å². The minimum Gasteiger partial charge on any atom is -0.469 e. The molecule has 3 atom stereocenters. The molecule has 1 aliphatic heterocycles. The molecule has 0 amide bonds. The summed E-state index contributed by atoms with van der Waals surface area (Å²) in [6, 6.07) is 1.24. The van der Waals surface area contributed by atoms with Crippen LogP contribution in [0.2, 0.25) is 0 Å². The quantitative estimate of drug-likeness (QED) is 0.745. The van der Waals surface area contributed by atoms with Gasteiger partial charge in [0.15, 0.2) is 0 Å². The van der Waals surface area contributed by atoms with Crippen LogP contribution >= 0.6 is 0 Å². The van der Waals surface area contributed by atoms with Crippen LogP contribution < -0.4 is 10.6 Å². The van der Waals surface area contributed by atoms with Gasteiger partial charge in [-0.1, -0.05) is 6.42 Å². The van der Waals surface area contributed by atoms with E-state index in [1.54, 1.807) is 0 Å². The van der Waals surface area contributed by atoms with Gasteiger partial charge in [-0.15, -0.1) is 0 Å². The Balaban J connectivity index is 1.86. The highest BCUT2D eigenvalue weighted by atomic mass is 16.5. The van der Waals surface area contributed by atoms with E-state index >= 15 is 0 Å². The number of hydrogen-bond donors (Lipinski definition) is 2. The summed E-state index contributed by atoms with van der Waals surface area (Å²) < 4.78 is 4.87. The van der Waals surface area contributed by atoms with Gasteiger partial charge in [0.2, 0.25) is 0 Å². The van der Waals surface area contributed by atoms with Gasteiger partial charge in [-0.05, 0) is 52.0 Å². The van der Waals surface area contributed by atoms with E-state index in [1.165, 1.54) is 45.8 Å². The van der Waals surface area contributed by atoms with Crippen LogP contribution in [0.15, 0.2) is 0 Å². The standard InChI is InChI=1S/C15H28N2O2/c1-15(2,14(18)19-3)10-17-13-7-4-6-11(13)12-8-5-9-16-12/h11-13,16-17H,4-10H2,1-3H3. The molecule has 4 heteroatoms. The fourth-order valence-electron chi connectivity index (χ4n) is 3.54. The number of methoxy groups -OCH3 is 1. The van der Waals surface area contributed by atoms with Crippen molar-refractivity contribution in [2.24, 2.45) is 11.3 Å². The lowest BCUT2D eigenvalue weighted by Crippen LogP contribution is -2.46. The first-order valence-corrected chi connectivity index (χ1v) is 7.60. The fraction of sp³-hybridized carbons (Fsp3) is 0.933. The van der Waals surface area contributed by atoms with Gasteiger partial charge in [-0.25, -0.2) is 0 Å². The van der Waals surface area contributed by atoms with Crippen molar-refractivity contribution in [1.29, 1.82) is 0 Å². The largest absolute Gasteiger partial charge is 0.469 e. The van der Waals surface area contributed by atoms with E-state index < -0.39 is 5.41 Å². The molecule has 1 aliphatic carbocycles. The SMILES string of the molecule is COC(=O)C(C)(C)CNC1CCCC1C1CCCN1. The Morgan fingerprint density at radius 3 is 2.74 bits per heavy atom. The van der Waals surface area contributed by atoms with Gasteiger partial charge in [0.05, 0.1) is 12.5 Å². The maximum atomic E-state index is 11.7. The monoisotopic (exact) mass is 268 g/mol. The highest BCUT2D eigenvalue weighted by Gasteiger charge is 2.36. The Kier molecular flexibility index (Phi) is 4.85. The molecular formula is C15H28N2O2. The van der Waals surface area contributed by atoms with Gasteiger partial charge in [0.1, 0.15) is 0 Å². The van der Waals surface area contributed by atoms with Crippen molar-refractivity contribution < 1.29 is 9.53 Å². The van der Waals surface area contributed by atoms with Crippen LogP contribution in [0.5, 0.6) is 0 Å². The molecule has 0 radical (unpaired) electrons. The molecule has 1 heterocycles. The fourth-order valence-corrected chi connectivity index (χ4v) is 3.54. The maximum absolute atomic E-state index is 11.7. The maximum Gasteiger partial charge on any atom is 0.312 e. The lowest BCUT2D eigenvalue weighted by molar-refractivity contribution is -0.150. The summed E-state index contributed by atoms with van der Waals surface area (Å²) in [5, 5.41) is 7.25. The molecule has 19 heavy (non-hydrogen) atoms. The Hall–Kier alpha value is -0.610. The molecule has 0 aromatic carbocycles. The molecule has 2 N–H and O–H groups in total. The molecule has 0 bridgehead atoms. The number of hydrogen-bond acceptors (Lipinski definition) is 4. The smallest absolute Gasteiger partial charge is 0.312 e. The average Bonchev–Trinajstić information content (AvgIpc) is 3.05. The number of rotatable bonds is 5. The third kappa shape index (κ3) is 3.48. The minimum absolute atomic E-state index is 0.131. The predicted molar refractivity (Wildman–Crippen MR) is 76.0 cm³/mol. The lowest BCUT2D eigenvalue weighted by Gasteiger charge is -2.30. The number of esters is 1. The van der Waals surface area contributed by atoms with Crippen molar-refractivity contribution in [3.8, 4) is 0 Å². The van der Waals surface area contributed by atoms with Gasteiger partial charge in [-0.2, -0.15) is 0 Å². The average molecular weight is 268 g/mol. The van der Waals surface area contributed by atoms with E-state index in [4.69, 9.17) is 4.74 Å². The van der Waals surface area contributed by atoms with Gasteiger partial charge in [0, 0.05) is 18.6 Å². The zero-order valence-corrected chi connectivity index (χ0v) is 12.5. The number of carbonyl (C=O) groups is 1. The molecule has 3 unspecified atom stereocenters. The van der Waals surface area contributed by atoms with E-state index in [9.17, 15) is 4.79 Å². The summed E-state index contributed by atoms with van der Waals surface area (Å²) >= 11 is 0. The van der Waals surface area contributed by atoms with Crippen LogP contribution in [-0.2, 0) is 9.53 Å². The van der Waals surface area contributed by atoms with Crippen LogP contribution in [0.25, 0.3) is 0 Å². The molecular weight excluding hydrogens is 240 g/mol. The second-order valence-electron chi connectivity index (χ2n) is 6.66. The summed E-state index contributed by atoms with van der Waals surface area (Å²) in [6.45, 7) is 5.77. The van der Waals surface area contributed by atoms with Gasteiger partial charge >= 0.3 is 5.97 Å². The molecule has 4 nitrogen and oxygen atoms in total. The Morgan fingerprint density at radius 2 is 2.11 bits per heavy atom. The minimum atomic E-state index is -0.439. The highest BCUT2D eigenvalue weighted by Crippen LogP contribution is 2.32. The summed E-state index contributed by atoms with van der Waals surface area (Å²) in [6.07, 6.45) is 6.47. The first-order chi connectivity index (χ1) is 9.04. The normalized spacial score (nSPS) is 31.6. The van der Waals surface area contributed by atoms with E-state index in [2.05, 4.69) is 10.6 Å². The molecule has 2 fully saturated rings. The Bertz CT molecular complexity index is 311. The summed E-state index contributed by atoms with van der Waals surface area (Å²) in [5.41, 5.74) is -0.439. The Labute approximate surface area is 116 Å². The number of nitrogens with one attached hydrogen (secondary N) is 2. The van der Waals surface area contributed by atoms with Crippen molar-refractivity contribution in [2.45, 2.75) is 58.0 Å². The molecule has 1 saturated carbocycles. The second kappa shape index (κ2) is 6.23. The van der Waals surface area contributed by atoms with E-state index in [1.807, 2.05) is 13.8 Å². The molecule has 110 valence electrons.